The number of hydrogen-bond acceptors (Lipinski definition) is 25. The van der Waals surface area contributed by atoms with E-state index in [1.54, 1.807) is 92.3 Å². The van der Waals surface area contributed by atoms with Gasteiger partial charge >= 0.3 is 23.9 Å². The zero-order chi connectivity index (χ0) is 74.0. The Hall–Kier alpha value is -11.1. The minimum absolute atomic E-state index is 0.00800. The van der Waals surface area contributed by atoms with Crippen LogP contribution in [-0.4, -0.2) is 174 Å². The first kappa shape index (κ1) is 84.0. The van der Waals surface area contributed by atoms with Crippen LogP contribution in [-0.2, 0) is 89.3 Å². The van der Waals surface area contributed by atoms with Crippen LogP contribution in [0.3, 0.4) is 0 Å². The molecule has 38 nitrogen and oxygen atoms in total. The van der Waals surface area contributed by atoms with Crippen LogP contribution in [0.1, 0.15) is 129 Å². The van der Waals surface area contributed by atoms with Crippen molar-refractivity contribution in [2.45, 2.75) is 160 Å². The second-order valence-electron chi connectivity index (χ2n) is 23.5. The average molecular weight is 1400 g/mol. The number of aliphatic imine (C=N–C) groups is 4. The van der Waals surface area contributed by atoms with Crippen LogP contribution in [0.5, 0.6) is 0 Å². The summed E-state index contributed by atoms with van der Waals surface area (Å²) >= 11 is 0. The van der Waals surface area contributed by atoms with E-state index < -0.39 is 186 Å². The number of ketones is 5. The maximum Gasteiger partial charge on any atom is 0.331 e. The third-order valence-corrected chi connectivity index (χ3v) is 13.7. The second kappa shape index (κ2) is 45.4. The summed E-state index contributed by atoms with van der Waals surface area (Å²) in [6.45, 7) is 4.06. The molecule has 6 unspecified atom stereocenters. The molecule has 2 aromatic rings. The predicted molar refractivity (Wildman–Crippen MR) is 354 cm³/mol. The molecule has 0 aromatic heterocycles. The highest BCUT2D eigenvalue weighted by Gasteiger charge is 2.33. The van der Waals surface area contributed by atoms with Gasteiger partial charge in [-0.2, -0.15) is 0 Å². The molecular weight excluding hydrogens is 1300 g/mol. The fraction of sp³-hybridized carbons (Fsp3) is 0.541. The van der Waals surface area contributed by atoms with Gasteiger partial charge in [0.25, 0.3) is 11.9 Å². The molecule has 3 amide bonds. The molecule has 0 radical (unpaired) electrons. The number of Topliss-reactive ketones (excluding diaryl/α,β-unsaturated/α-hetero) is 5. The van der Waals surface area contributed by atoms with Gasteiger partial charge in [-0.1, -0.05) is 71.5 Å². The van der Waals surface area contributed by atoms with Crippen LogP contribution in [0.2, 0.25) is 0 Å². The van der Waals surface area contributed by atoms with E-state index in [1.165, 1.54) is 6.92 Å². The Balaban J connectivity index is 2.26. The lowest BCUT2D eigenvalue weighted by Gasteiger charge is -2.27. The van der Waals surface area contributed by atoms with E-state index in [0.29, 0.717) is 11.1 Å². The monoisotopic (exact) mass is 1390 g/mol. The van der Waals surface area contributed by atoms with E-state index in [2.05, 4.69) is 41.2 Å². The molecule has 0 heterocycles. The number of ether oxygens (including phenoxy) is 4. The summed E-state index contributed by atoms with van der Waals surface area (Å²) in [7, 11) is 0. The Bertz CT molecular complexity index is 3210. The Morgan fingerprint density at radius 3 is 1.26 bits per heavy atom. The standard InChI is InChI=1S/C61H90N18O20/c1-37(80)27-50(85)74-47(29-39-17-9-6-10-18-39)49(84)34-48(83)41(28-38-15-7-5-8-16-38)31-43(82)33-52(87)72-44(20-12-24-69-58(64)65)54(89)97-35-96-53(88)40(19-11-23-68-57(62)63)30-42(81)32-51(86)73-45(21-13-25-70-59(66)76-78(92)93)55(90)98-36-99-56(91)46(75-61(2,3)4)22-14-26-71-60(67)77-79(94)95/h5-10,15-18,40-41,44-47,75H,11-14,19-36H2,1-4H3,(H,72,87)(H,73,86)(H,74,85)(H4,62,63,68)(H4,64,65,69)(H3,66,70,76)(H3,67,71,77). The smallest absolute Gasteiger partial charge is 0.331 e. The van der Waals surface area contributed by atoms with Gasteiger partial charge in [-0.15, -0.1) is 0 Å². The number of nitrogens with one attached hydrogen (secondary N) is 6. The summed E-state index contributed by atoms with van der Waals surface area (Å²) in [6, 6.07) is 11.8. The SMILES string of the molecule is CC(=O)CC(=O)NC(Cc1ccccc1)C(=O)CC(=O)C(CC(=O)CC(=O)NC(CCCN=C(N)N)C(=O)OCOC(=O)C(CCCN=C(N)N)CC(=O)CC(=O)NC(CCCN=C(N)N[N+](=O)[O-])C(=O)OCOC(=O)C(CCCN=C(N)N[N+](=O)[O-])NC(C)(C)C)Cc1ccccc1. The number of nitrogens with two attached hydrogens (primary N) is 6. The number of hydrazine groups is 2. The Labute approximate surface area is 569 Å². The fourth-order valence-corrected chi connectivity index (χ4v) is 9.33. The third kappa shape index (κ3) is 39.5. The van der Waals surface area contributed by atoms with Gasteiger partial charge in [0.1, 0.15) is 41.3 Å². The molecule has 0 fully saturated rings. The maximum atomic E-state index is 14.0. The van der Waals surface area contributed by atoms with E-state index in [-0.39, 0.29) is 102 Å². The van der Waals surface area contributed by atoms with Crippen molar-refractivity contribution in [3.8, 4) is 0 Å². The van der Waals surface area contributed by atoms with Crippen LogP contribution >= 0.6 is 0 Å². The normalized spacial score (nSPS) is 13.1. The quantitative estimate of drug-likeness (QED) is 0.00502. The summed E-state index contributed by atoms with van der Waals surface area (Å²) in [5, 5.41) is 29.9. The van der Waals surface area contributed by atoms with E-state index >= 15 is 0 Å². The second-order valence-corrected chi connectivity index (χ2v) is 23.5. The first-order valence-corrected chi connectivity index (χ1v) is 31.2. The largest absolute Gasteiger partial charge is 0.428 e. The van der Waals surface area contributed by atoms with Gasteiger partial charge in [0.2, 0.25) is 31.3 Å². The molecule has 0 aliphatic rings. The van der Waals surface area contributed by atoms with Gasteiger partial charge in [0, 0.05) is 50.5 Å². The summed E-state index contributed by atoms with van der Waals surface area (Å²) in [5.74, 6) is -14.7. The number of carbonyl (C=O) groups excluding carboxylic acids is 12. The molecule has 2 rings (SSSR count). The van der Waals surface area contributed by atoms with Crippen molar-refractivity contribution >= 4 is 94.4 Å². The number of hydrogen-bond donors (Lipinski definition) is 12. The Kier molecular flexibility index (Phi) is 38.5. The van der Waals surface area contributed by atoms with Gasteiger partial charge in [-0.3, -0.25) is 63.2 Å². The fourth-order valence-electron chi connectivity index (χ4n) is 9.33. The van der Waals surface area contributed by atoms with Gasteiger partial charge in [-0.05, 0) is 103 Å². The molecule has 0 spiro atoms. The van der Waals surface area contributed by atoms with E-state index in [0.717, 1.165) is 0 Å². The molecule has 0 bridgehead atoms. The average Bonchev–Trinajstić information content (AvgIpc) is 0.975. The van der Waals surface area contributed by atoms with E-state index in [1.807, 2.05) is 0 Å². The summed E-state index contributed by atoms with van der Waals surface area (Å²) in [4.78, 5) is 197. The lowest BCUT2D eigenvalue weighted by molar-refractivity contribution is -0.525. The minimum atomic E-state index is -1.56. The van der Waals surface area contributed by atoms with Crippen LogP contribution < -0.4 is 66.5 Å². The highest BCUT2D eigenvalue weighted by molar-refractivity contribution is 6.07. The molecule has 6 atom stereocenters. The number of benzene rings is 2. The van der Waals surface area contributed by atoms with Crippen molar-refractivity contribution in [2.24, 2.45) is 66.2 Å². The van der Waals surface area contributed by atoms with Crippen LogP contribution in [0, 0.1) is 32.1 Å². The Morgan fingerprint density at radius 1 is 0.465 bits per heavy atom. The summed E-state index contributed by atoms with van der Waals surface area (Å²) in [5.41, 5.74) is 36.7. The number of amides is 3. The lowest BCUT2D eigenvalue weighted by Crippen LogP contribution is -2.48. The number of rotatable bonds is 48. The summed E-state index contributed by atoms with van der Waals surface area (Å²) in [6.07, 6.45) is -4.60. The van der Waals surface area contributed by atoms with E-state index in [4.69, 9.17) is 53.3 Å². The Morgan fingerprint density at radius 2 is 0.838 bits per heavy atom. The van der Waals surface area contributed by atoms with Crippen molar-refractivity contribution in [1.29, 1.82) is 0 Å². The highest BCUT2D eigenvalue weighted by Crippen LogP contribution is 2.20. The molecule has 99 heavy (non-hydrogen) atoms. The van der Waals surface area contributed by atoms with Gasteiger partial charge < -0.3 is 69.3 Å². The molecule has 18 N–H and O–H groups in total. The number of esters is 4. The number of carbonyl (C=O) groups is 12. The molecular formula is C61H90N18O20. The zero-order valence-electron chi connectivity index (χ0n) is 55.6. The van der Waals surface area contributed by atoms with Crippen molar-refractivity contribution in [1.82, 2.24) is 32.1 Å². The predicted octanol–water partition coefficient (Wildman–Crippen LogP) is -1.93. The van der Waals surface area contributed by atoms with Gasteiger partial charge in [-0.25, -0.2) is 39.8 Å². The highest BCUT2D eigenvalue weighted by atomic mass is 16.7. The molecule has 0 saturated carbocycles. The number of nitrogens with zero attached hydrogens (tertiary/aromatic N) is 6. The first-order valence-electron chi connectivity index (χ1n) is 31.2. The number of guanidine groups is 4. The maximum absolute atomic E-state index is 14.0. The third-order valence-electron chi connectivity index (χ3n) is 13.7. The van der Waals surface area contributed by atoms with Crippen LogP contribution in [0.15, 0.2) is 80.6 Å². The molecule has 544 valence electrons. The van der Waals surface area contributed by atoms with Crippen molar-refractivity contribution in [3.63, 3.8) is 0 Å². The minimum Gasteiger partial charge on any atom is -0.428 e. The molecule has 0 aliphatic heterocycles. The molecule has 0 aliphatic carbocycles. The molecule has 38 heteroatoms. The van der Waals surface area contributed by atoms with Crippen molar-refractivity contribution in [3.05, 3.63) is 92.0 Å². The van der Waals surface area contributed by atoms with Gasteiger partial charge in [0.05, 0.1) is 37.6 Å². The first-order chi connectivity index (χ1) is 46.7. The summed E-state index contributed by atoms with van der Waals surface area (Å²) < 4.78 is 20.9. The van der Waals surface area contributed by atoms with E-state index in [9.17, 15) is 77.8 Å². The van der Waals surface area contributed by atoms with Crippen LogP contribution in [0.4, 0.5) is 0 Å². The van der Waals surface area contributed by atoms with Crippen LogP contribution in [0.25, 0.3) is 0 Å². The lowest BCUT2D eigenvalue weighted by atomic mass is 9.86. The van der Waals surface area contributed by atoms with Gasteiger partial charge in [0.15, 0.2) is 27.8 Å². The van der Waals surface area contributed by atoms with Crippen molar-refractivity contribution < 1.29 is 86.5 Å². The number of nitro groups is 2. The zero-order valence-corrected chi connectivity index (χ0v) is 55.6. The van der Waals surface area contributed by atoms with Crippen molar-refractivity contribution in [2.75, 3.05) is 39.8 Å². The molecule has 2 aromatic carbocycles. The molecule has 0 saturated heterocycles. The topological polar surface area (TPSA) is 606 Å².